The number of methoxy groups -OCH3 is 1. The van der Waals surface area contributed by atoms with Crippen LogP contribution in [0.2, 0.25) is 0 Å². The summed E-state index contributed by atoms with van der Waals surface area (Å²) in [7, 11) is -2.83. The van der Waals surface area contributed by atoms with E-state index in [2.05, 4.69) is 0 Å². The molecule has 0 heterocycles. The van der Waals surface area contributed by atoms with Gasteiger partial charge in [0.2, 0.25) is 0 Å². The first-order chi connectivity index (χ1) is 8.15. The highest BCUT2D eigenvalue weighted by atomic mass is 32.2. The first-order valence-electron chi connectivity index (χ1n) is 4.89. The van der Waals surface area contributed by atoms with E-state index >= 15 is 0 Å². The normalized spacial score (nSPS) is 12.4. The Labute approximate surface area is 102 Å². The first kappa shape index (κ1) is 14.6. The van der Waals surface area contributed by atoms with Crippen molar-refractivity contribution < 1.29 is 26.3 Å². The number of nitrogen functional groups attached to an aromatic ring is 1. The third-order valence-corrected chi connectivity index (χ3v) is 3.93. The molecule has 0 saturated carbocycles. The number of anilines is 1. The van der Waals surface area contributed by atoms with E-state index in [0.29, 0.717) is 0 Å². The Morgan fingerprint density at radius 3 is 2.44 bits per heavy atom. The summed E-state index contributed by atoms with van der Waals surface area (Å²) in [5.74, 6) is -1.08. The summed E-state index contributed by atoms with van der Waals surface area (Å²) in [6.45, 7) is 0. The monoisotopic (exact) mass is 283 g/mol. The third kappa shape index (κ3) is 3.80. The van der Waals surface area contributed by atoms with Crippen LogP contribution in [-0.2, 0) is 9.84 Å². The van der Waals surface area contributed by atoms with Gasteiger partial charge in [-0.15, -0.1) is 0 Å². The van der Waals surface area contributed by atoms with Crippen molar-refractivity contribution in [2.75, 3.05) is 18.6 Å². The van der Waals surface area contributed by atoms with E-state index in [4.69, 9.17) is 10.5 Å². The molecular formula is C10H12F3NO3S. The largest absolute Gasteiger partial charge is 0.495 e. The summed E-state index contributed by atoms with van der Waals surface area (Å²) in [5, 5.41) is 0. The quantitative estimate of drug-likeness (QED) is 0.858. The van der Waals surface area contributed by atoms with Crippen molar-refractivity contribution in [1.29, 1.82) is 0 Å². The van der Waals surface area contributed by atoms with E-state index in [1.807, 2.05) is 0 Å². The molecule has 0 radical (unpaired) electrons. The lowest BCUT2D eigenvalue weighted by Crippen LogP contribution is -2.17. The van der Waals surface area contributed by atoms with Gasteiger partial charge in [-0.05, 0) is 12.1 Å². The highest BCUT2D eigenvalue weighted by molar-refractivity contribution is 7.91. The number of ether oxygens (including phenoxy) is 1. The molecule has 8 heteroatoms. The van der Waals surface area contributed by atoms with Gasteiger partial charge in [0, 0.05) is 11.8 Å². The van der Waals surface area contributed by atoms with E-state index < -0.39 is 28.2 Å². The van der Waals surface area contributed by atoms with Gasteiger partial charge in [0.1, 0.15) is 10.6 Å². The molecule has 0 amide bonds. The minimum atomic E-state index is -4.52. The Kier molecular flexibility index (Phi) is 4.10. The van der Waals surface area contributed by atoms with Crippen molar-refractivity contribution in [2.45, 2.75) is 17.5 Å². The van der Waals surface area contributed by atoms with Crippen LogP contribution in [0.3, 0.4) is 0 Å². The molecule has 0 atom stereocenters. The summed E-state index contributed by atoms with van der Waals surface area (Å²) in [4.78, 5) is -0.288. The first-order valence-corrected chi connectivity index (χ1v) is 6.54. The zero-order valence-corrected chi connectivity index (χ0v) is 10.3. The van der Waals surface area contributed by atoms with E-state index in [-0.39, 0.29) is 16.3 Å². The molecule has 0 aliphatic rings. The summed E-state index contributed by atoms with van der Waals surface area (Å²) in [6, 6.07) is 3.68. The Morgan fingerprint density at radius 1 is 1.33 bits per heavy atom. The number of hydrogen-bond donors (Lipinski definition) is 1. The van der Waals surface area contributed by atoms with Gasteiger partial charge in [0.15, 0.2) is 9.84 Å². The molecule has 1 rings (SSSR count). The second-order valence-corrected chi connectivity index (χ2v) is 5.67. The van der Waals surface area contributed by atoms with Gasteiger partial charge in [-0.3, -0.25) is 0 Å². The molecule has 0 saturated heterocycles. The van der Waals surface area contributed by atoms with Crippen LogP contribution in [0.1, 0.15) is 6.42 Å². The lowest BCUT2D eigenvalue weighted by atomic mass is 10.3. The number of benzene rings is 1. The predicted octanol–water partition coefficient (Wildman–Crippen LogP) is 2.00. The van der Waals surface area contributed by atoms with Crippen LogP contribution in [0.5, 0.6) is 5.75 Å². The number of nitrogens with two attached hydrogens (primary N) is 1. The Morgan fingerprint density at radius 2 is 1.94 bits per heavy atom. The zero-order chi connectivity index (χ0) is 14.0. The number of halogens is 3. The summed E-state index contributed by atoms with van der Waals surface area (Å²) in [5.41, 5.74) is 5.70. The van der Waals surface area contributed by atoms with Crippen molar-refractivity contribution in [3.63, 3.8) is 0 Å². The fourth-order valence-corrected chi connectivity index (χ4v) is 2.75. The molecule has 1 aromatic rings. The van der Waals surface area contributed by atoms with E-state index in [9.17, 15) is 21.6 Å². The maximum Gasteiger partial charge on any atom is 0.390 e. The smallest absolute Gasteiger partial charge is 0.390 e. The average Bonchev–Trinajstić information content (AvgIpc) is 2.25. The van der Waals surface area contributed by atoms with Gasteiger partial charge in [-0.25, -0.2) is 8.42 Å². The Hall–Kier alpha value is -1.44. The highest BCUT2D eigenvalue weighted by Gasteiger charge is 2.31. The molecule has 1 aromatic carbocycles. The second kappa shape index (κ2) is 5.05. The van der Waals surface area contributed by atoms with Gasteiger partial charge >= 0.3 is 6.18 Å². The van der Waals surface area contributed by atoms with Crippen molar-refractivity contribution >= 4 is 15.5 Å². The van der Waals surface area contributed by atoms with E-state index in [1.54, 1.807) is 0 Å². The van der Waals surface area contributed by atoms with Crippen LogP contribution in [0.15, 0.2) is 23.1 Å². The minimum Gasteiger partial charge on any atom is -0.495 e. The number of sulfone groups is 1. The van der Waals surface area contributed by atoms with Crippen molar-refractivity contribution in [1.82, 2.24) is 0 Å². The molecule has 0 fully saturated rings. The summed E-state index contributed by atoms with van der Waals surface area (Å²) in [6.07, 6.45) is -5.92. The fourth-order valence-electron chi connectivity index (χ4n) is 1.30. The van der Waals surface area contributed by atoms with Crippen LogP contribution in [0, 0.1) is 0 Å². The SMILES string of the molecule is COc1cc(N)ccc1S(=O)(=O)CCC(F)(F)F. The molecule has 0 unspecified atom stereocenters. The molecule has 102 valence electrons. The number of rotatable bonds is 4. The molecule has 0 aliphatic heterocycles. The molecular weight excluding hydrogens is 271 g/mol. The van der Waals surface area contributed by atoms with Gasteiger partial charge in [0.05, 0.1) is 19.3 Å². The van der Waals surface area contributed by atoms with Crippen LogP contribution in [0.25, 0.3) is 0 Å². The fraction of sp³-hybridized carbons (Fsp3) is 0.400. The van der Waals surface area contributed by atoms with E-state index in [1.165, 1.54) is 19.2 Å². The minimum absolute atomic E-state index is 0.0582. The molecule has 2 N–H and O–H groups in total. The van der Waals surface area contributed by atoms with E-state index in [0.717, 1.165) is 6.07 Å². The second-order valence-electron chi connectivity index (χ2n) is 3.59. The number of hydrogen-bond acceptors (Lipinski definition) is 4. The average molecular weight is 283 g/mol. The lowest BCUT2D eigenvalue weighted by molar-refractivity contribution is -0.129. The topological polar surface area (TPSA) is 69.4 Å². The molecule has 0 spiro atoms. The van der Waals surface area contributed by atoms with Gasteiger partial charge < -0.3 is 10.5 Å². The predicted molar refractivity (Wildman–Crippen MR) is 60.1 cm³/mol. The maximum atomic E-state index is 12.0. The van der Waals surface area contributed by atoms with Crippen LogP contribution in [-0.4, -0.2) is 27.5 Å². The molecule has 0 bridgehead atoms. The molecule has 4 nitrogen and oxygen atoms in total. The molecule has 0 aliphatic carbocycles. The summed E-state index contributed by atoms with van der Waals surface area (Å²) < 4.78 is 64.4. The van der Waals surface area contributed by atoms with Gasteiger partial charge in [0.25, 0.3) is 0 Å². The molecule has 18 heavy (non-hydrogen) atoms. The van der Waals surface area contributed by atoms with Crippen LogP contribution in [0.4, 0.5) is 18.9 Å². The Balaban J connectivity index is 3.05. The maximum absolute atomic E-state index is 12.0. The van der Waals surface area contributed by atoms with Crippen molar-refractivity contribution in [3.8, 4) is 5.75 Å². The number of alkyl halides is 3. The van der Waals surface area contributed by atoms with Gasteiger partial charge in [-0.1, -0.05) is 0 Å². The standard InChI is InChI=1S/C10H12F3NO3S/c1-17-8-6-7(14)2-3-9(8)18(15,16)5-4-10(11,12)13/h2-3,6H,4-5,14H2,1H3. The summed E-state index contributed by atoms with van der Waals surface area (Å²) >= 11 is 0. The van der Waals surface area contributed by atoms with Crippen molar-refractivity contribution in [2.24, 2.45) is 0 Å². The zero-order valence-electron chi connectivity index (χ0n) is 9.49. The van der Waals surface area contributed by atoms with Crippen molar-refractivity contribution in [3.05, 3.63) is 18.2 Å². The lowest BCUT2D eigenvalue weighted by Gasteiger charge is -2.11. The van der Waals surface area contributed by atoms with Crippen LogP contribution < -0.4 is 10.5 Å². The third-order valence-electron chi connectivity index (χ3n) is 2.18. The van der Waals surface area contributed by atoms with Crippen LogP contribution >= 0.6 is 0 Å². The van der Waals surface area contributed by atoms with Gasteiger partial charge in [-0.2, -0.15) is 13.2 Å². The molecule has 0 aromatic heterocycles. The highest BCUT2D eigenvalue weighted by Crippen LogP contribution is 2.29. The Bertz CT molecular complexity index is 526.